The summed E-state index contributed by atoms with van der Waals surface area (Å²) >= 11 is 0. The Morgan fingerprint density at radius 1 is 1.03 bits per heavy atom. The van der Waals surface area contributed by atoms with Gasteiger partial charge in [0.25, 0.3) is 0 Å². The molecule has 1 N–H and O–H groups in total. The number of para-hydroxylation sites is 1. The number of unbranched alkanes of at least 4 members (excludes halogenated alkanes) is 1. The second-order valence-corrected chi connectivity index (χ2v) is 8.42. The molecule has 0 saturated heterocycles. The van der Waals surface area contributed by atoms with Gasteiger partial charge in [-0.3, -0.25) is 9.36 Å². The normalized spacial score (nSPS) is 12.6. The van der Waals surface area contributed by atoms with Gasteiger partial charge in [0, 0.05) is 17.3 Å². The maximum absolute atomic E-state index is 13.3. The molecule has 0 aliphatic heterocycles. The van der Waals surface area contributed by atoms with E-state index in [2.05, 4.69) is 4.98 Å². The van der Waals surface area contributed by atoms with Gasteiger partial charge in [-0.1, -0.05) is 37.3 Å². The van der Waals surface area contributed by atoms with Gasteiger partial charge < -0.3 is 9.84 Å². The molecule has 0 amide bonds. The van der Waals surface area contributed by atoms with Gasteiger partial charge in [0.15, 0.2) is 0 Å². The van der Waals surface area contributed by atoms with Crippen molar-refractivity contribution in [3.05, 3.63) is 78.4 Å². The van der Waals surface area contributed by atoms with Crippen LogP contribution in [0.4, 0.5) is 13.2 Å². The third kappa shape index (κ3) is 5.65. The summed E-state index contributed by atoms with van der Waals surface area (Å²) < 4.78 is 47.8. The second kappa shape index (κ2) is 10.2. The highest BCUT2D eigenvalue weighted by atomic mass is 19.4. The van der Waals surface area contributed by atoms with Crippen LogP contribution in [0.15, 0.2) is 72.8 Å². The number of carboxylic acids is 1. The third-order valence-corrected chi connectivity index (χ3v) is 5.81. The minimum absolute atomic E-state index is 0.356. The Bertz CT molecular complexity index is 1320. The monoisotopic (exact) mass is 482 g/mol. The first-order valence-electron chi connectivity index (χ1n) is 11.3. The number of carbonyl (C=O) groups is 1. The zero-order valence-electron chi connectivity index (χ0n) is 19.1. The summed E-state index contributed by atoms with van der Waals surface area (Å²) in [5, 5.41) is 8.98. The minimum atomic E-state index is -4.46. The third-order valence-electron chi connectivity index (χ3n) is 5.81. The highest BCUT2D eigenvalue weighted by Crippen LogP contribution is 2.35. The average molecular weight is 483 g/mol. The number of aromatic nitrogens is 2. The van der Waals surface area contributed by atoms with Crippen LogP contribution in [0.3, 0.4) is 0 Å². The Morgan fingerprint density at radius 2 is 1.80 bits per heavy atom. The van der Waals surface area contributed by atoms with E-state index < -0.39 is 17.7 Å². The molecule has 0 aliphatic rings. The Morgan fingerprint density at radius 3 is 2.51 bits per heavy atom. The van der Waals surface area contributed by atoms with E-state index in [1.165, 1.54) is 6.07 Å². The first-order valence-corrected chi connectivity index (χ1v) is 11.3. The summed E-state index contributed by atoms with van der Waals surface area (Å²) in [6.45, 7) is 2.11. The smallest absolute Gasteiger partial charge is 0.416 e. The Hall–Kier alpha value is -3.81. The lowest BCUT2D eigenvalue weighted by atomic mass is 10.1. The van der Waals surface area contributed by atoms with E-state index in [-0.39, 0.29) is 5.92 Å². The van der Waals surface area contributed by atoms with Crippen molar-refractivity contribution >= 4 is 17.0 Å². The SMILES string of the molecule is CC(CCCCOc1ccc2nc(-c3cccc(C(F)(F)F)c3)n(-c3ccccc3)c2c1)C(=O)O. The van der Waals surface area contributed by atoms with Gasteiger partial charge in [0.05, 0.1) is 29.1 Å². The van der Waals surface area contributed by atoms with E-state index >= 15 is 0 Å². The van der Waals surface area contributed by atoms with Crippen molar-refractivity contribution in [2.45, 2.75) is 32.4 Å². The summed E-state index contributed by atoms with van der Waals surface area (Å²) in [5.41, 5.74) is 1.73. The molecule has 0 bridgehead atoms. The maximum atomic E-state index is 13.3. The number of hydrogen-bond acceptors (Lipinski definition) is 3. The van der Waals surface area contributed by atoms with Crippen molar-refractivity contribution in [2.75, 3.05) is 6.61 Å². The zero-order valence-corrected chi connectivity index (χ0v) is 19.1. The molecule has 0 fully saturated rings. The predicted octanol–water partition coefficient (Wildman–Crippen LogP) is 6.98. The highest BCUT2D eigenvalue weighted by Gasteiger charge is 2.31. The number of rotatable bonds is 9. The van der Waals surface area contributed by atoms with Gasteiger partial charge in [-0.2, -0.15) is 13.2 Å². The van der Waals surface area contributed by atoms with Crippen molar-refractivity contribution < 1.29 is 27.8 Å². The number of fused-ring (bicyclic) bond motifs is 1. The maximum Gasteiger partial charge on any atom is 0.416 e. The van der Waals surface area contributed by atoms with Gasteiger partial charge in [0.2, 0.25) is 0 Å². The molecule has 182 valence electrons. The molecule has 0 radical (unpaired) electrons. The van der Waals surface area contributed by atoms with Gasteiger partial charge in [-0.15, -0.1) is 0 Å². The van der Waals surface area contributed by atoms with E-state index in [1.807, 2.05) is 41.0 Å². The summed E-state index contributed by atoms with van der Waals surface area (Å²) in [7, 11) is 0. The zero-order chi connectivity index (χ0) is 25.0. The van der Waals surface area contributed by atoms with Crippen LogP contribution in [0.1, 0.15) is 31.7 Å². The molecule has 0 aliphatic carbocycles. The van der Waals surface area contributed by atoms with E-state index in [4.69, 9.17) is 9.84 Å². The lowest BCUT2D eigenvalue weighted by Gasteiger charge is -2.12. The van der Waals surface area contributed by atoms with Gasteiger partial charge in [0.1, 0.15) is 11.6 Å². The largest absolute Gasteiger partial charge is 0.494 e. The quantitative estimate of drug-likeness (QED) is 0.261. The number of hydrogen-bond donors (Lipinski definition) is 1. The van der Waals surface area contributed by atoms with Gasteiger partial charge in [-0.05, 0) is 55.7 Å². The lowest BCUT2D eigenvalue weighted by molar-refractivity contribution is -0.141. The van der Waals surface area contributed by atoms with Crippen LogP contribution in [0.2, 0.25) is 0 Å². The molecule has 5 nitrogen and oxygen atoms in total. The molecule has 35 heavy (non-hydrogen) atoms. The van der Waals surface area contributed by atoms with Crippen LogP contribution < -0.4 is 4.74 Å². The van der Waals surface area contributed by atoms with Crippen LogP contribution in [0.25, 0.3) is 28.1 Å². The van der Waals surface area contributed by atoms with Crippen molar-refractivity contribution in [2.24, 2.45) is 5.92 Å². The Labute approximate surface area is 200 Å². The van der Waals surface area contributed by atoms with Gasteiger partial charge >= 0.3 is 12.1 Å². The molecular weight excluding hydrogens is 457 g/mol. The van der Waals surface area contributed by atoms with E-state index in [9.17, 15) is 18.0 Å². The summed E-state index contributed by atoms with van der Waals surface area (Å²) in [6, 6.07) is 19.9. The number of aliphatic carboxylic acids is 1. The van der Waals surface area contributed by atoms with Crippen LogP contribution in [0.5, 0.6) is 5.75 Å². The van der Waals surface area contributed by atoms with Crippen molar-refractivity contribution in [3.8, 4) is 22.8 Å². The van der Waals surface area contributed by atoms with Crippen LogP contribution in [0, 0.1) is 5.92 Å². The number of ether oxygens (including phenoxy) is 1. The lowest BCUT2D eigenvalue weighted by Crippen LogP contribution is -2.09. The Balaban J connectivity index is 1.66. The fourth-order valence-corrected chi connectivity index (χ4v) is 3.88. The number of alkyl halides is 3. The molecular formula is C27H25F3N2O3. The van der Waals surface area contributed by atoms with Crippen molar-refractivity contribution in [3.63, 3.8) is 0 Å². The van der Waals surface area contributed by atoms with Gasteiger partial charge in [-0.25, -0.2) is 4.98 Å². The van der Waals surface area contributed by atoms with E-state index in [0.717, 1.165) is 24.2 Å². The molecule has 3 aromatic carbocycles. The second-order valence-electron chi connectivity index (χ2n) is 8.42. The number of imidazole rings is 1. The van der Waals surface area contributed by atoms with Crippen molar-refractivity contribution in [1.29, 1.82) is 0 Å². The topological polar surface area (TPSA) is 64.4 Å². The fraction of sp³-hybridized carbons (Fsp3) is 0.259. The number of halogens is 3. The van der Waals surface area contributed by atoms with Crippen molar-refractivity contribution in [1.82, 2.24) is 9.55 Å². The molecule has 1 atom stereocenters. The van der Waals surface area contributed by atoms with Crippen LogP contribution in [-0.4, -0.2) is 27.2 Å². The number of carboxylic acid groups (broad SMARTS) is 1. The molecule has 0 spiro atoms. The number of benzene rings is 3. The van der Waals surface area contributed by atoms with Crippen LogP contribution >= 0.6 is 0 Å². The molecule has 0 saturated carbocycles. The molecule has 4 aromatic rings. The Kier molecular flexibility index (Phi) is 7.10. The standard InChI is InChI=1S/C27H25F3N2O3/c1-18(26(33)34)8-5-6-15-35-22-13-14-23-24(17-22)32(21-11-3-2-4-12-21)25(31-23)19-9-7-10-20(16-19)27(28,29)30/h2-4,7,9-14,16-18H,5-6,8,15H2,1H3,(H,33,34). The minimum Gasteiger partial charge on any atom is -0.494 e. The first kappa shape index (κ1) is 24.3. The summed E-state index contributed by atoms with van der Waals surface area (Å²) in [5.74, 6) is -0.184. The first-order chi connectivity index (χ1) is 16.7. The average Bonchev–Trinajstić information content (AvgIpc) is 3.22. The summed E-state index contributed by atoms with van der Waals surface area (Å²) in [6.07, 6.45) is -2.43. The molecule has 1 heterocycles. The predicted molar refractivity (Wildman–Crippen MR) is 128 cm³/mol. The molecule has 1 aromatic heterocycles. The fourth-order valence-electron chi connectivity index (χ4n) is 3.88. The molecule has 1 unspecified atom stereocenters. The summed E-state index contributed by atoms with van der Waals surface area (Å²) in [4.78, 5) is 15.6. The number of nitrogens with zero attached hydrogens (tertiary/aromatic N) is 2. The molecule has 4 rings (SSSR count). The molecule has 8 heteroatoms. The van der Waals surface area contributed by atoms with E-state index in [0.29, 0.717) is 47.6 Å². The highest BCUT2D eigenvalue weighted by molar-refractivity contribution is 5.84. The van der Waals surface area contributed by atoms with Crippen LogP contribution in [-0.2, 0) is 11.0 Å². The van der Waals surface area contributed by atoms with E-state index in [1.54, 1.807) is 25.1 Å².